The predicted molar refractivity (Wildman–Crippen MR) is 69.5 cm³/mol. The molecule has 98 valence electrons. The third kappa shape index (κ3) is 31.3. The third-order valence-corrected chi connectivity index (χ3v) is 1.29. The summed E-state index contributed by atoms with van der Waals surface area (Å²) < 4.78 is 31.6. The second-order valence-electron chi connectivity index (χ2n) is 2.95. The molecule has 0 amide bonds. The first-order valence-corrected chi connectivity index (χ1v) is 6.18. The number of hydrogen-bond donors (Lipinski definition) is 3. The Kier molecular flexibility index (Phi) is 12.1. The molecule has 0 aliphatic carbocycles. The van der Waals surface area contributed by atoms with E-state index in [1.165, 1.54) is 5.56 Å². The van der Waals surface area contributed by atoms with E-state index in [1.54, 1.807) is 0 Å². The lowest BCUT2D eigenvalue weighted by Gasteiger charge is -1.82. The SMILES string of the molecule is C=CCNC.Cc1ccccc1.O=S(=O)(O)O. The fraction of sp³-hybridized carbons (Fsp3) is 0.273. The summed E-state index contributed by atoms with van der Waals surface area (Å²) in [5.41, 5.74) is 1.32. The third-order valence-electron chi connectivity index (χ3n) is 1.29. The summed E-state index contributed by atoms with van der Waals surface area (Å²) in [5, 5.41) is 2.90. The molecule has 0 atom stereocenters. The van der Waals surface area contributed by atoms with Gasteiger partial charge in [0.25, 0.3) is 0 Å². The first-order chi connectivity index (χ1) is 7.81. The van der Waals surface area contributed by atoms with Crippen molar-refractivity contribution in [2.75, 3.05) is 13.6 Å². The monoisotopic (exact) mass is 261 g/mol. The average Bonchev–Trinajstić information content (AvgIpc) is 2.18. The van der Waals surface area contributed by atoms with Crippen LogP contribution in [0.25, 0.3) is 0 Å². The van der Waals surface area contributed by atoms with Gasteiger partial charge in [-0.3, -0.25) is 9.11 Å². The van der Waals surface area contributed by atoms with Gasteiger partial charge < -0.3 is 5.32 Å². The van der Waals surface area contributed by atoms with Crippen molar-refractivity contribution in [1.29, 1.82) is 0 Å². The van der Waals surface area contributed by atoms with Crippen molar-refractivity contribution in [3.8, 4) is 0 Å². The van der Waals surface area contributed by atoms with Gasteiger partial charge in [0, 0.05) is 6.54 Å². The topological polar surface area (TPSA) is 86.6 Å². The van der Waals surface area contributed by atoms with E-state index in [0.717, 1.165) is 6.54 Å². The maximum Gasteiger partial charge on any atom is 0.394 e. The summed E-state index contributed by atoms with van der Waals surface area (Å²) in [5.74, 6) is 0. The maximum atomic E-state index is 8.74. The highest BCUT2D eigenvalue weighted by molar-refractivity contribution is 7.79. The largest absolute Gasteiger partial charge is 0.394 e. The summed E-state index contributed by atoms with van der Waals surface area (Å²) in [6, 6.07) is 10.3. The van der Waals surface area contributed by atoms with Crippen LogP contribution < -0.4 is 5.32 Å². The van der Waals surface area contributed by atoms with Gasteiger partial charge in [-0.05, 0) is 14.0 Å². The van der Waals surface area contributed by atoms with Crippen molar-refractivity contribution in [2.45, 2.75) is 6.92 Å². The van der Waals surface area contributed by atoms with Crippen LogP contribution in [-0.4, -0.2) is 31.1 Å². The minimum absolute atomic E-state index is 0.903. The van der Waals surface area contributed by atoms with Crippen molar-refractivity contribution in [3.05, 3.63) is 48.6 Å². The highest BCUT2D eigenvalue weighted by Gasteiger charge is 1.84. The number of rotatable bonds is 2. The Labute approximate surface area is 103 Å². The van der Waals surface area contributed by atoms with Crippen LogP contribution in [-0.2, 0) is 10.4 Å². The molecular weight excluding hydrogens is 242 g/mol. The molecule has 0 saturated heterocycles. The quantitative estimate of drug-likeness (QED) is 0.557. The summed E-state index contributed by atoms with van der Waals surface area (Å²) in [4.78, 5) is 0. The number of benzene rings is 1. The van der Waals surface area contributed by atoms with Crippen LogP contribution >= 0.6 is 0 Å². The second-order valence-corrected chi connectivity index (χ2v) is 3.84. The average molecular weight is 261 g/mol. The van der Waals surface area contributed by atoms with Gasteiger partial charge in [-0.25, -0.2) is 0 Å². The van der Waals surface area contributed by atoms with Crippen LogP contribution in [0.1, 0.15) is 5.56 Å². The van der Waals surface area contributed by atoms with E-state index < -0.39 is 10.4 Å². The summed E-state index contributed by atoms with van der Waals surface area (Å²) in [7, 11) is -2.78. The molecule has 0 saturated carbocycles. The maximum absolute atomic E-state index is 8.74. The molecule has 0 unspecified atom stereocenters. The Morgan fingerprint density at radius 1 is 1.29 bits per heavy atom. The molecule has 0 aliphatic rings. The fourth-order valence-corrected chi connectivity index (χ4v) is 0.679. The Bertz CT molecular complexity index is 368. The van der Waals surface area contributed by atoms with Crippen LogP contribution in [0.2, 0.25) is 0 Å². The van der Waals surface area contributed by atoms with E-state index in [4.69, 9.17) is 17.5 Å². The highest BCUT2D eigenvalue weighted by atomic mass is 32.3. The van der Waals surface area contributed by atoms with Crippen molar-refractivity contribution in [3.63, 3.8) is 0 Å². The zero-order valence-electron chi connectivity index (χ0n) is 10.00. The number of hydrogen-bond acceptors (Lipinski definition) is 3. The first-order valence-electron chi connectivity index (χ1n) is 4.78. The van der Waals surface area contributed by atoms with E-state index in [0.29, 0.717) is 0 Å². The molecule has 0 spiro atoms. The normalized spacial score (nSPS) is 9.18. The number of aryl methyl sites for hydroxylation is 1. The molecule has 1 aromatic rings. The van der Waals surface area contributed by atoms with E-state index in [1.807, 2.05) is 31.3 Å². The molecule has 6 heteroatoms. The summed E-state index contributed by atoms with van der Waals surface area (Å²) >= 11 is 0. The van der Waals surface area contributed by atoms with Crippen LogP contribution in [0.4, 0.5) is 0 Å². The predicted octanol–water partition coefficient (Wildman–Crippen LogP) is 1.73. The molecule has 17 heavy (non-hydrogen) atoms. The van der Waals surface area contributed by atoms with Gasteiger partial charge in [-0.15, -0.1) is 6.58 Å². The molecule has 0 bridgehead atoms. The van der Waals surface area contributed by atoms with Gasteiger partial charge >= 0.3 is 10.4 Å². The Morgan fingerprint density at radius 2 is 1.71 bits per heavy atom. The molecule has 0 heterocycles. The smallest absolute Gasteiger partial charge is 0.316 e. The van der Waals surface area contributed by atoms with Crippen molar-refractivity contribution >= 4 is 10.4 Å². The van der Waals surface area contributed by atoms with Crippen LogP contribution in [0.5, 0.6) is 0 Å². The summed E-state index contributed by atoms with van der Waals surface area (Å²) in [6.07, 6.45) is 1.82. The van der Waals surface area contributed by atoms with Gasteiger partial charge in [0.2, 0.25) is 0 Å². The molecule has 0 aliphatic heterocycles. The fourth-order valence-electron chi connectivity index (χ4n) is 0.679. The number of likely N-dealkylation sites (N-methyl/N-ethyl adjacent to an activating group) is 1. The molecule has 0 aromatic heterocycles. The lowest BCUT2D eigenvalue weighted by molar-refractivity contribution is 0.381. The van der Waals surface area contributed by atoms with Crippen LogP contribution in [0, 0.1) is 6.92 Å². The van der Waals surface area contributed by atoms with Gasteiger partial charge in [-0.1, -0.05) is 42.0 Å². The Morgan fingerprint density at radius 3 is 1.82 bits per heavy atom. The second kappa shape index (κ2) is 11.3. The molecule has 1 aromatic carbocycles. The minimum Gasteiger partial charge on any atom is -0.316 e. The standard InChI is InChI=1S/C7H8.C4H9N.H2O4S/c1-7-5-3-2-4-6-7;1-3-4-5-2;1-5(2,3)4/h2-6H,1H3;3,5H,1,4H2,2H3;(H2,1,2,3,4). The lowest BCUT2D eigenvalue weighted by Crippen LogP contribution is -2.02. The van der Waals surface area contributed by atoms with Gasteiger partial charge in [0.05, 0.1) is 0 Å². The lowest BCUT2D eigenvalue weighted by atomic mass is 10.2. The first kappa shape index (κ1) is 18.2. The zero-order chi connectivity index (χ0) is 13.7. The minimum atomic E-state index is -4.67. The number of nitrogens with one attached hydrogen (secondary N) is 1. The van der Waals surface area contributed by atoms with Crippen molar-refractivity contribution < 1.29 is 17.5 Å². The van der Waals surface area contributed by atoms with Gasteiger partial charge in [-0.2, -0.15) is 8.42 Å². The van der Waals surface area contributed by atoms with Gasteiger partial charge in [0.15, 0.2) is 0 Å². The Balaban J connectivity index is 0. The van der Waals surface area contributed by atoms with E-state index in [-0.39, 0.29) is 0 Å². The van der Waals surface area contributed by atoms with E-state index in [9.17, 15) is 0 Å². The Hall–Kier alpha value is -1.21. The van der Waals surface area contributed by atoms with Gasteiger partial charge in [0.1, 0.15) is 0 Å². The van der Waals surface area contributed by atoms with Crippen LogP contribution in [0.3, 0.4) is 0 Å². The van der Waals surface area contributed by atoms with Crippen LogP contribution in [0.15, 0.2) is 43.0 Å². The molecule has 3 N–H and O–H groups in total. The molecule has 1 rings (SSSR count). The zero-order valence-corrected chi connectivity index (χ0v) is 10.8. The van der Waals surface area contributed by atoms with E-state index >= 15 is 0 Å². The molecular formula is C11H19NO4S. The molecule has 0 fully saturated rings. The van der Waals surface area contributed by atoms with Crippen molar-refractivity contribution in [1.82, 2.24) is 5.32 Å². The highest BCUT2D eigenvalue weighted by Crippen LogP contribution is 1.92. The molecule has 5 nitrogen and oxygen atoms in total. The molecule has 0 radical (unpaired) electrons. The van der Waals surface area contributed by atoms with Crippen molar-refractivity contribution in [2.24, 2.45) is 0 Å². The van der Waals surface area contributed by atoms with E-state index in [2.05, 4.69) is 31.0 Å². The summed E-state index contributed by atoms with van der Waals surface area (Å²) in [6.45, 7) is 6.47.